The Bertz CT molecular complexity index is 2560. The summed E-state index contributed by atoms with van der Waals surface area (Å²) in [4.78, 5) is 67.3. The average Bonchev–Trinajstić information content (AvgIpc) is 3.59. The fraction of sp³-hybridized carbons (Fsp3) is 0.364. The van der Waals surface area contributed by atoms with Crippen molar-refractivity contribution in [3.05, 3.63) is 110 Å². The minimum atomic E-state index is -1.36. The van der Waals surface area contributed by atoms with Gasteiger partial charge in [-0.3, -0.25) is 23.9 Å². The lowest BCUT2D eigenvalue weighted by atomic mass is 9.89. The van der Waals surface area contributed by atoms with Crippen molar-refractivity contribution < 1.29 is 33.8 Å². The number of aromatic nitrogens is 2. The molecule has 15 heteroatoms. The molecule has 1 fully saturated rings. The zero-order valence-electron chi connectivity index (χ0n) is 33.9. The normalized spacial score (nSPS) is 16.5. The van der Waals surface area contributed by atoms with Crippen LogP contribution in [0, 0.1) is 5.92 Å². The second-order valence-corrected chi connectivity index (χ2v) is 15.2. The quantitative estimate of drug-likeness (QED) is 0.0528. The molecule has 1 saturated heterocycles. The second-order valence-electron chi connectivity index (χ2n) is 15.2. The number of aliphatic hydroxyl groups is 1. The van der Waals surface area contributed by atoms with Crippen molar-refractivity contribution in [2.24, 2.45) is 5.92 Å². The van der Waals surface area contributed by atoms with E-state index in [-0.39, 0.29) is 29.6 Å². The predicted molar refractivity (Wildman–Crippen MR) is 223 cm³/mol. The number of aromatic amines is 1. The van der Waals surface area contributed by atoms with Crippen molar-refractivity contribution in [3.63, 3.8) is 0 Å². The van der Waals surface area contributed by atoms with Crippen molar-refractivity contribution in [2.45, 2.75) is 51.4 Å². The van der Waals surface area contributed by atoms with Crippen LogP contribution in [0.25, 0.3) is 39.5 Å². The Morgan fingerprint density at radius 2 is 1.73 bits per heavy atom. The van der Waals surface area contributed by atoms with Gasteiger partial charge in [-0.05, 0) is 67.2 Å². The number of fused-ring (bicyclic) bond motifs is 2. The predicted octanol–water partition coefficient (Wildman–Crippen LogP) is 2.55. The van der Waals surface area contributed by atoms with Gasteiger partial charge in [0, 0.05) is 84.9 Å². The van der Waals surface area contributed by atoms with E-state index in [1.807, 2.05) is 81.0 Å². The topological polar surface area (TPSA) is 202 Å². The average molecular weight is 807 g/mol. The van der Waals surface area contributed by atoms with Gasteiger partial charge in [-0.1, -0.05) is 25.8 Å². The monoisotopic (exact) mass is 806 g/mol. The Kier molecular flexibility index (Phi) is 13.3. The van der Waals surface area contributed by atoms with Crippen LogP contribution in [0.1, 0.15) is 71.5 Å². The number of hydrogen-bond acceptors (Lipinski definition) is 10. The van der Waals surface area contributed by atoms with Gasteiger partial charge in [0.05, 0.1) is 30.3 Å². The molecule has 0 radical (unpaired) electrons. The Balaban J connectivity index is 1.05. The van der Waals surface area contributed by atoms with E-state index in [9.17, 15) is 34.2 Å². The molecule has 6 rings (SSSR count). The number of amides is 2. The third-order valence-corrected chi connectivity index (χ3v) is 10.6. The lowest BCUT2D eigenvalue weighted by Gasteiger charge is -2.20. The van der Waals surface area contributed by atoms with Gasteiger partial charge in [0.15, 0.2) is 0 Å². The number of hydrogen-bond donors (Lipinski definition) is 4. The van der Waals surface area contributed by atoms with Crippen LogP contribution in [-0.4, -0.2) is 86.4 Å². The lowest BCUT2D eigenvalue weighted by molar-refractivity contribution is -0.254. The Morgan fingerprint density at radius 3 is 2.41 bits per heavy atom. The molecular formula is C44H50N6O9. The minimum absolute atomic E-state index is 0.0281. The molecule has 0 saturated carbocycles. The summed E-state index contributed by atoms with van der Waals surface area (Å²) in [7, 11) is 7.69. The molecule has 3 atom stereocenters. The van der Waals surface area contributed by atoms with Crippen molar-refractivity contribution in [3.8, 4) is 22.5 Å². The summed E-state index contributed by atoms with van der Waals surface area (Å²) >= 11 is 0. The molecule has 0 bridgehead atoms. The fourth-order valence-electron chi connectivity index (χ4n) is 7.22. The maximum absolute atomic E-state index is 13.4. The van der Waals surface area contributed by atoms with Gasteiger partial charge in [-0.2, -0.15) is 0 Å². The van der Waals surface area contributed by atoms with Crippen LogP contribution in [0.3, 0.4) is 0 Å². The van der Waals surface area contributed by atoms with E-state index in [2.05, 4.69) is 15.6 Å². The number of ether oxygens (including phenoxy) is 1. The largest absolute Gasteiger partial charge is 0.545 e. The molecular weight excluding hydrogens is 757 g/mol. The number of carboxylic acids is 1. The van der Waals surface area contributed by atoms with Crippen molar-refractivity contribution in [1.82, 2.24) is 24.8 Å². The van der Waals surface area contributed by atoms with Crippen molar-refractivity contribution in [2.75, 3.05) is 52.8 Å². The van der Waals surface area contributed by atoms with Gasteiger partial charge in [0.2, 0.25) is 11.3 Å². The van der Waals surface area contributed by atoms with E-state index < -0.39 is 35.5 Å². The number of carbonyl (C=O) groups is 3. The molecule has 310 valence electrons. The summed E-state index contributed by atoms with van der Waals surface area (Å²) in [5.41, 5.74) is 2.23. The Labute approximate surface area is 340 Å². The number of aliphatic hydroxyl groups excluding tert-OH is 1. The first-order valence-electron chi connectivity index (χ1n) is 19.7. The summed E-state index contributed by atoms with van der Waals surface area (Å²) < 4.78 is 15.4. The van der Waals surface area contributed by atoms with Crippen LogP contribution in [-0.2, 0) is 9.53 Å². The molecule has 1 aliphatic carbocycles. The highest BCUT2D eigenvalue weighted by Gasteiger charge is 2.33. The summed E-state index contributed by atoms with van der Waals surface area (Å²) in [6.07, 6.45) is 6.32. The molecule has 3 unspecified atom stereocenters. The van der Waals surface area contributed by atoms with Crippen LogP contribution in [0.2, 0.25) is 0 Å². The highest BCUT2D eigenvalue weighted by atomic mass is 16.5. The number of nitrogens with one attached hydrogen (secondary N) is 3. The number of H-pyrrole nitrogens is 1. The molecule has 2 amide bonds. The number of carbonyl (C=O) groups excluding carboxylic acids is 3. The van der Waals surface area contributed by atoms with Gasteiger partial charge in [-0.25, -0.2) is 9.37 Å². The number of anilines is 1. The maximum Gasteiger partial charge on any atom is 0.330 e. The number of unbranched alkanes of at least 4 members (excludes halogenated alkanes) is 3. The van der Waals surface area contributed by atoms with Crippen LogP contribution in [0.5, 0.6) is 0 Å². The van der Waals surface area contributed by atoms with E-state index in [0.29, 0.717) is 71.3 Å². The van der Waals surface area contributed by atoms with E-state index in [1.54, 1.807) is 6.07 Å². The molecule has 0 spiro atoms. The van der Waals surface area contributed by atoms with Crippen LogP contribution >= 0.6 is 0 Å². The number of rotatable bonds is 15. The van der Waals surface area contributed by atoms with E-state index in [4.69, 9.17) is 9.15 Å². The molecule has 15 nitrogen and oxygen atoms in total. The fourth-order valence-corrected chi connectivity index (χ4v) is 7.22. The molecule has 1 aromatic heterocycles. The van der Waals surface area contributed by atoms with Gasteiger partial charge < -0.3 is 39.7 Å². The van der Waals surface area contributed by atoms with E-state index in [0.717, 1.165) is 23.9 Å². The van der Waals surface area contributed by atoms with Crippen LogP contribution < -0.4 is 41.8 Å². The van der Waals surface area contributed by atoms with Gasteiger partial charge in [0.25, 0.3) is 11.5 Å². The first-order valence-corrected chi connectivity index (χ1v) is 19.7. The summed E-state index contributed by atoms with van der Waals surface area (Å²) in [5, 5.41) is 29.3. The van der Waals surface area contributed by atoms with Crippen LogP contribution in [0.4, 0.5) is 5.69 Å². The summed E-state index contributed by atoms with van der Waals surface area (Å²) in [5.74, 6) is -1.52. The molecule has 3 aromatic rings. The van der Waals surface area contributed by atoms with Gasteiger partial charge in [-0.15, -0.1) is 0 Å². The van der Waals surface area contributed by atoms with Gasteiger partial charge in [0.1, 0.15) is 31.7 Å². The Hall–Kier alpha value is -6.32. The van der Waals surface area contributed by atoms with E-state index in [1.165, 1.54) is 35.0 Å². The zero-order chi connectivity index (χ0) is 42.4. The zero-order valence-corrected chi connectivity index (χ0v) is 33.9. The maximum atomic E-state index is 13.4. The smallest absolute Gasteiger partial charge is 0.330 e. The molecule has 3 aliphatic rings. The number of nitrogens with zero attached hydrogens (tertiary/aromatic N) is 3. The molecule has 2 aliphatic heterocycles. The Morgan fingerprint density at radius 1 is 0.983 bits per heavy atom. The minimum Gasteiger partial charge on any atom is -0.545 e. The van der Waals surface area contributed by atoms with Gasteiger partial charge >= 0.3 is 5.69 Å². The number of benzene rings is 3. The lowest BCUT2D eigenvalue weighted by Crippen LogP contribution is -2.33. The standard InChI is InChI=1S/C44H50N6O9/c1-26-20-39(59-37(26)25-51)50-24-28(42(54)47-44(50)57)11-17-38(52)45-18-8-6-7-9-19-46-41(53)27-10-14-31(43(55)56)34(21-27)40-32-15-12-29(48(2)3)22-35(32)58-36-23-30(49(4)5)13-16-33(36)40/h10-17,21-24,26,37,39,51H,6-9,18-20,25H2,1-5H3,(H3-,45,46,47,52,53,54,55,56,57)/b17-11+. The molecule has 2 aromatic carbocycles. The molecule has 4 N–H and O–H groups in total. The third kappa shape index (κ3) is 9.70. The molecule has 59 heavy (non-hydrogen) atoms. The second kappa shape index (κ2) is 18.5. The highest BCUT2D eigenvalue weighted by molar-refractivity contribution is 6.09. The van der Waals surface area contributed by atoms with Crippen molar-refractivity contribution >= 4 is 40.5 Å². The number of aromatic carboxylic acids is 1. The number of carboxylic acid groups (broad SMARTS) is 1. The summed E-state index contributed by atoms with van der Waals surface area (Å²) in [6, 6.07) is 15.9. The van der Waals surface area contributed by atoms with Crippen molar-refractivity contribution in [1.29, 1.82) is 0 Å². The highest BCUT2D eigenvalue weighted by Crippen LogP contribution is 2.42. The van der Waals surface area contributed by atoms with Crippen LogP contribution in [0.15, 0.2) is 80.9 Å². The first-order chi connectivity index (χ1) is 28.2. The SMILES string of the molecule is CC1CC(n2cc(/C=C/C(=O)NCCCCCCNC(=O)c3ccc(C(=O)[O-])c(-c4c5ccc(=[N+](C)C)cc-5oc5cc(N(C)C)ccc45)c3)c(=O)[nH]c2=O)OC1CO. The third-order valence-electron chi connectivity index (χ3n) is 10.6. The summed E-state index contributed by atoms with van der Waals surface area (Å²) in [6.45, 7) is 2.53. The van der Waals surface area contributed by atoms with E-state index >= 15 is 0 Å². The first kappa shape index (κ1) is 42.3. The molecule has 3 heterocycles.